The fourth-order valence-electron chi connectivity index (χ4n) is 2.30. The number of thiophene rings is 1. The van der Waals surface area contributed by atoms with Gasteiger partial charge < -0.3 is 5.32 Å². The zero-order chi connectivity index (χ0) is 13.3. The van der Waals surface area contributed by atoms with Gasteiger partial charge in [0.25, 0.3) is 0 Å². The molecule has 0 saturated heterocycles. The number of aryl methyl sites for hydroxylation is 2. The average Bonchev–Trinajstić information content (AvgIpc) is 2.96. The first-order valence-corrected chi connectivity index (χ1v) is 7.91. The summed E-state index contributed by atoms with van der Waals surface area (Å²) in [5, 5.41) is 5.76. The van der Waals surface area contributed by atoms with Gasteiger partial charge in [0, 0.05) is 23.3 Å². The molecule has 2 heterocycles. The maximum absolute atomic E-state index is 4.18. The fraction of sp³-hybridized carbons (Fsp3) is 0.438. The molecule has 1 N–H and O–H groups in total. The van der Waals surface area contributed by atoms with E-state index in [1.54, 1.807) is 0 Å². The van der Waals surface area contributed by atoms with Gasteiger partial charge in [-0.05, 0) is 55.3 Å². The monoisotopic (exact) mass is 274 g/mol. The number of rotatable bonds is 8. The molecule has 0 aliphatic heterocycles. The number of hydrogen-bond acceptors (Lipinski definition) is 3. The maximum atomic E-state index is 4.18. The molecule has 0 radical (unpaired) electrons. The summed E-state index contributed by atoms with van der Waals surface area (Å²) in [5.41, 5.74) is 1.33. The van der Waals surface area contributed by atoms with Crippen molar-refractivity contribution in [2.24, 2.45) is 0 Å². The van der Waals surface area contributed by atoms with Crippen molar-refractivity contribution in [1.29, 1.82) is 0 Å². The lowest BCUT2D eigenvalue weighted by molar-refractivity contribution is 0.465. The van der Waals surface area contributed by atoms with Gasteiger partial charge in [-0.15, -0.1) is 11.3 Å². The third-order valence-corrected chi connectivity index (χ3v) is 4.25. The predicted molar refractivity (Wildman–Crippen MR) is 82.7 cm³/mol. The summed E-state index contributed by atoms with van der Waals surface area (Å²) in [5.74, 6) is 0. The van der Waals surface area contributed by atoms with Gasteiger partial charge in [-0.25, -0.2) is 0 Å². The van der Waals surface area contributed by atoms with E-state index in [0.717, 1.165) is 13.0 Å². The van der Waals surface area contributed by atoms with Crippen molar-refractivity contribution in [2.45, 2.75) is 38.6 Å². The molecule has 0 aliphatic rings. The van der Waals surface area contributed by atoms with Gasteiger partial charge >= 0.3 is 0 Å². The standard InChI is InChI=1S/C16H22N2S/c1-2-18-15(9-10-16-6-4-12-19-16)8-7-14-5-3-11-17-13-14/h3-6,11-13,15,18H,2,7-10H2,1H3. The molecule has 2 aromatic rings. The summed E-state index contributed by atoms with van der Waals surface area (Å²) in [7, 11) is 0. The Bertz CT molecular complexity index is 439. The number of nitrogens with one attached hydrogen (secondary N) is 1. The number of nitrogens with zero attached hydrogens (tertiary/aromatic N) is 1. The van der Waals surface area contributed by atoms with Crippen molar-refractivity contribution < 1.29 is 0 Å². The number of aromatic nitrogens is 1. The van der Waals surface area contributed by atoms with Crippen molar-refractivity contribution in [3.05, 3.63) is 52.5 Å². The van der Waals surface area contributed by atoms with Crippen LogP contribution in [-0.4, -0.2) is 17.6 Å². The van der Waals surface area contributed by atoms with Crippen LogP contribution in [0.15, 0.2) is 42.0 Å². The highest BCUT2D eigenvalue weighted by Gasteiger charge is 2.08. The Morgan fingerprint density at radius 1 is 1.21 bits per heavy atom. The molecule has 19 heavy (non-hydrogen) atoms. The smallest absolute Gasteiger partial charge is 0.0299 e. The largest absolute Gasteiger partial charge is 0.314 e. The van der Waals surface area contributed by atoms with Crippen molar-refractivity contribution in [2.75, 3.05) is 6.54 Å². The molecule has 0 aromatic carbocycles. The molecule has 0 fully saturated rings. The molecule has 0 spiro atoms. The first-order chi connectivity index (χ1) is 9.38. The molecule has 0 amide bonds. The molecular formula is C16H22N2S. The molecule has 0 bridgehead atoms. The molecule has 1 atom stereocenters. The van der Waals surface area contributed by atoms with Crippen LogP contribution in [-0.2, 0) is 12.8 Å². The van der Waals surface area contributed by atoms with Crippen LogP contribution in [0.1, 0.15) is 30.2 Å². The van der Waals surface area contributed by atoms with Gasteiger partial charge in [-0.2, -0.15) is 0 Å². The van der Waals surface area contributed by atoms with E-state index < -0.39 is 0 Å². The Hall–Kier alpha value is -1.19. The Kier molecular flexibility index (Phi) is 6.05. The summed E-state index contributed by atoms with van der Waals surface area (Å²) in [6, 6.07) is 9.15. The first-order valence-electron chi connectivity index (χ1n) is 7.03. The summed E-state index contributed by atoms with van der Waals surface area (Å²) in [4.78, 5) is 5.67. The minimum absolute atomic E-state index is 0.604. The normalized spacial score (nSPS) is 12.5. The highest BCUT2D eigenvalue weighted by molar-refractivity contribution is 7.09. The quantitative estimate of drug-likeness (QED) is 0.794. The Morgan fingerprint density at radius 3 is 2.79 bits per heavy atom. The third kappa shape index (κ3) is 5.13. The highest BCUT2D eigenvalue weighted by Crippen LogP contribution is 2.14. The van der Waals surface area contributed by atoms with Crippen LogP contribution in [0.3, 0.4) is 0 Å². The van der Waals surface area contributed by atoms with Crippen molar-refractivity contribution in [3.63, 3.8) is 0 Å². The van der Waals surface area contributed by atoms with Gasteiger partial charge in [-0.3, -0.25) is 4.98 Å². The molecule has 1 unspecified atom stereocenters. The minimum Gasteiger partial charge on any atom is -0.314 e. The molecule has 102 valence electrons. The van der Waals surface area contributed by atoms with Crippen molar-refractivity contribution >= 4 is 11.3 Å². The van der Waals surface area contributed by atoms with E-state index in [-0.39, 0.29) is 0 Å². The summed E-state index contributed by atoms with van der Waals surface area (Å²) in [6.07, 6.45) is 8.50. The van der Waals surface area contributed by atoms with Crippen LogP contribution in [0.4, 0.5) is 0 Å². The maximum Gasteiger partial charge on any atom is 0.0299 e. The molecule has 0 saturated carbocycles. The van der Waals surface area contributed by atoms with E-state index in [4.69, 9.17) is 0 Å². The van der Waals surface area contributed by atoms with Gasteiger partial charge in [0.05, 0.1) is 0 Å². The van der Waals surface area contributed by atoms with Crippen LogP contribution in [0.2, 0.25) is 0 Å². The van der Waals surface area contributed by atoms with Crippen molar-refractivity contribution in [3.8, 4) is 0 Å². The van der Waals surface area contributed by atoms with Gasteiger partial charge in [0.15, 0.2) is 0 Å². The van der Waals surface area contributed by atoms with E-state index in [1.165, 1.54) is 29.7 Å². The van der Waals surface area contributed by atoms with Gasteiger partial charge in [0.2, 0.25) is 0 Å². The Balaban J connectivity index is 1.78. The van der Waals surface area contributed by atoms with E-state index in [0.29, 0.717) is 6.04 Å². The summed E-state index contributed by atoms with van der Waals surface area (Å²) < 4.78 is 0. The second-order valence-corrected chi connectivity index (χ2v) is 5.80. The lowest BCUT2D eigenvalue weighted by atomic mass is 10.0. The summed E-state index contributed by atoms with van der Waals surface area (Å²) >= 11 is 1.86. The number of hydrogen-bond donors (Lipinski definition) is 1. The average molecular weight is 274 g/mol. The molecule has 2 aromatic heterocycles. The second kappa shape index (κ2) is 8.08. The predicted octanol–water partition coefficient (Wildman–Crippen LogP) is 3.69. The zero-order valence-electron chi connectivity index (χ0n) is 11.5. The van der Waals surface area contributed by atoms with E-state index in [9.17, 15) is 0 Å². The molecule has 2 rings (SSSR count). The first kappa shape index (κ1) is 14.2. The second-order valence-electron chi connectivity index (χ2n) is 4.77. The Morgan fingerprint density at radius 2 is 2.11 bits per heavy atom. The van der Waals surface area contributed by atoms with Crippen LogP contribution in [0.25, 0.3) is 0 Å². The van der Waals surface area contributed by atoms with Gasteiger partial charge in [-0.1, -0.05) is 19.1 Å². The topological polar surface area (TPSA) is 24.9 Å². The van der Waals surface area contributed by atoms with Gasteiger partial charge in [0.1, 0.15) is 0 Å². The lowest BCUT2D eigenvalue weighted by Crippen LogP contribution is -2.29. The van der Waals surface area contributed by atoms with E-state index >= 15 is 0 Å². The van der Waals surface area contributed by atoms with Crippen LogP contribution in [0.5, 0.6) is 0 Å². The lowest BCUT2D eigenvalue weighted by Gasteiger charge is -2.17. The van der Waals surface area contributed by atoms with E-state index in [2.05, 4.69) is 40.8 Å². The van der Waals surface area contributed by atoms with Crippen LogP contribution >= 0.6 is 11.3 Å². The molecule has 0 aliphatic carbocycles. The van der Waals surface area contributed by atoms with E-state index in [1.807, 2.05) is 29.8 Å². The van der Waals surface area contributed by atoms with Crippen LogP contribution in [0, 0.1) is 0 Å². The minimum atomic E-state index is 0.604. The summed E-state index contributed by atoms with van der Waals surface area (Å²) in [6.45, 7) is 3.23. The molecular weight excluding hydrogens is 252 g/mol. The number of pyridine rings is 1. The van der Waals surface area contributed by atoms with Crippen molar-refractivity contribution in [1.82, 2.24) is 10.3 Å². The van der Waals surface area contributed by atoms with Crippen LogP contribution < -0.4 is 5.32 Å². The third-order valence-electron chi connectivity index (χ3n) is 3.32. The zero-order valence-corrected chi connectivity index (χ0v) is 12.3. The molecule has 2 nitrogen and oxygen atoms in total. The highest BCUT2D eigenvalue weighted by atomic mass is 32.1. The molecule has 3 heteroatoms. The SMILES string of the molecule is CCNC(CCc1cccnc1)CCc1cccs1. The Labute approximate surface area is 119 Å². The fourth-order valence-corrected chi connectivity index (χ4v) is 3.02.